The van der Waals surface area contributed by atoms with Crippen LogP contribution >= 0.6 is 0 Å². The van der Waals surface area contributed by atoms with E-state index in [2.05, 4.69) is 0 Å². The number of aliphatic hydroxyl groups is 1. The summed E-state index contributed by atoms with van der Waals surface area (Å²) in [5.41, 5.74) is -0.243. The van der Waals surface area contributed by atoms with Crippen LogP contribution in [0.2, 0.25) is 0 Å². The number of nitrogens with zero attached hydrogens (tertiary/aromatic N) is 2. The Morgan fingerprint density at radius 1 is 1.00 bits per heavy atom. The number of benzene rings is 1. The average molecular weight is 553 g/mol. The predicted molar refractivity (Wildman–Crippen MR) is 151 cm³/mol. The van der Waals surface area contributed by atoms with E-state index in [1.165, 1.54) is 70.9 Å². The van der Waals surface area contributed by atoms with Crippen LogP contribution in [0.3, 0.4) is 0 Å². The lowest BCUT2D eigenvalue weighted by Crippen LogP contribution is -2.63. The molecule has 220 valence electrons. The zero-order valence-corrected chi connectivity index (χ0v) is 24.1. The summed E-state index contributed by atoms with van der Waals surface area (Å²) in [6.45, 7) is 4.79. The Morgan fingerprint density at radius 3 is 2.33 bits per heavy atom. The van der Waals surface area contributed by atoms with Crippen LogP contribution in [0, 0.1) is 17.8 Å². The van der Waals surface area contributed by atoms with Crippen LogP contribution in [0.1, 0.15) is 101 Å². The number of carboxylic acid groups (broad SMARTS) is 1. The molecule has 5 aliphatic rings. The van der Waals surface area contributed by atoms with Crippen molar-refractivity contribution in [3.05, 3.63) is 53.7 Å². The van der Waals surface area contributed by atoms with Gasteiger partial charge in [0.05, 0.1) is 19.3 Å². The van der Waals surface area contributed by atoms with Crippen molar-refractivity contribution in [1.29, 1.82) is 0 Å². The van der Waals surface area contributed by atoms with E-state index in [1.54, 1.807) is 0 Å². The van der Waals surface area contributed by atoms with Gasteiger partial charge in [-0.2, -0.15) is 0 Å². The lowest BCUT2D eigenvalue weighted by atomic mass is 9.73. The molecule has 5 fully saturated rings. The third-order valence-electron chi connectivity index (χ3n) is 10.4. The molecule has 7 rings (SSSR count). The molecular formula is C33H48N2O5. The molecule has 2 aliphatic carbocycles. The second kappa shape index (κ2) is 13.6. The van der Waals surface area contributed by atoms with E-state index in [-0.39, 0.29) is 5.92 Å². The lowest BCUT2D eigenvalue weighted by molar-refractivity contribution is -0.959. The average Bonchev–Trinajstić information content (AvgIpc) is 3.47. The predicted octanol–water partition coefficient (Wildman–Crippen LogP) is 4.95. The number of piperidine rings is 3. The topological polar surface area (TPSA) is 95.6 Å². The molecule has 40 heavy (non-hydrogen) atoms. The summed E-state index contributed by atoms with van der Waals surface area (Å²) in [6.07, 6.45) is 18.7. The first-order valence-corrected chi connectivity index (χ1v) is 15.8. The van der Waals surface area contributed by atoms with Gasteiger partial charge in [0.25, 0.3) is 0 Å². The number of rotatable bonds is 9. The van der Waals surface area contributed by atoms with Gasteiger partial charge < -0.3 is 28.6 Å². The van der Waals surface area contributed by atoms with Gasteiger partial charge in [0.15, 0.2) is 11.4 Å². The first-order chi connectivity index (χ1) is 19.6. The molecule has 7 heteroatoms. The summed E-state index contributed by atoms with van der Waals surface area (Å²) < 4.78 is 14.1. The first kappa shape index (κ1) is 29.3. The number of ether oxygens (including phenoxy) is 1. The monoisotopic (exact) mass is 552 g/mol. The molecule has 4 heterocycles. The molecule has 2 bridgehead atoms. The molecule has 3 saturated heterocycles. The van der Waals surface area contributed by atoms with Gasteiger partial charge in [-0.3, -0.25) is 0 Å². The number of hydrogen-bond donors (Lipinski definition) is 1. The fourth-order valence-corrected chi connectivity index (χ4v) is 8.13. The highest BCUT2D eigenvalue weighted by Gasteiger charge is 2.48. The van der Waals surface area contributed by atoms with E-state index in [4.69, 9.17) is 24.0 Å². The van der Waals surface area contributed by atoms with Crippen LogP contribution in [0.5, 0.6) is 0 Å². The molecule has 7 nitrogen and oxygen atoms in total. The van der Waals surface area contributed by atoms with Crippen molar-refractivity contribution < 1.29 is 28.6 Å². The van der Waals surface area contributed by atoms with Crippen molar-refractivity contribution in [3.63, 3.8) is 0 Å². The van der Waals surface area contributed by atoms with Gasteiger partial charge in [0.2, 0.25) is 5.89 Å². The highest BCUT2D eigenvalue weighted by molar-refractivity contribution is 5.30. The molecule has 0 unspecified atom stereocenters. The largest absolute Gasteiger partial charge is 0.554 e. The van der Waals surface area contributed by atoms with Crippen molar-refractivity contribution in [2.24, 2.45) is 17.8 Å². The zero-order chi connectivity index (χ0) is 27.8. The number of fused-ring (bicyclic) bond motifs is 3. The number of oxazole rings is 1. The molecule has 2 saturated carbocycles. The van der Waals surface area contributed by atoms with Crippen molar-refractivity contribution in [1.82, 2.24) is 4.98 Å². The smallest absolute Gasteiger partial charge is 0.231 e. The second-order valence-electron chi connectivity index (χ2n) is 12.9. The van der Waals surface area contributed by atoms with Crippen molar-refractivity contribution in [2.75, 3.05) is 26.2 Å². The van der Waals surface area contributed by atoms with Gasteiger partial charge in [0, 0.05) is 37.8 Å². The Balaban J connectivity index is 0.00000103. The summed E-state index contributed by atoms with van der Waals surface area (Å²) in [6, 6.07) is 10.1. The van der Waals surface area contributed by atoms with Crippen molar-refractivity contribution in [2.45, 2.75) is 102 Å². The zero-order valence-electron chi connectivity index (χ0n) is 24.1. The molecule has 0 spiro atoms. The highest BCUT2D eigenvalue weighted by atomic mass is 16.5. The van der Waals surface area contributed by atoms with Crippen LogP contribution in [-0.2, 0) is 21.7 Å². The Kier molecular flexibility index (Phi) is 9.98. The number of hydrogen-bond acceptors (Lipinski definition) is 6. The summed E-state index contributed by atoms with van der Waals surface area (Å²) in [5, 5.41) is 20.4. The Labute approximate surface area is 239 Å². The Bertz CT molecular complexity index is 1040. The number of aromatic nitrogens is 1. The Morgan fingerprint density at radius 2 is 1.65 bits per heavy atom. The Hall–Kier alpha value is -2.22. The third kappa shape index (κ3) is 6.63. The van der Waals surface area contributed by atoms with E-state index >= 15 is 0 Å². The molecule has 0 amide bonds. The molecule has 0 radical (unpaired) electrons. The van der Waals surface area contributed by atoms with Gasteiger partial charge in [-0.1, -0.05) is 81.7 Å². The molecule has 2 aromatic rings. The number of carbonyl (C=O) groups is 1. The van der Waals surface area contributed by atoms with Crippen LogP contribution < -0.4 is 5.11 Å². The highest BCUT2D eigenvalue weighted by Crippen LogP contribution is 2.44. The quantitative estimate of drug-likeness (QED) is 0.349. The van der Waals surface area contributed by atoms with Gasteiger partial charge in [-0.25, -0.2) is 4.98 Å². The van der Waals surface area contributed by atoms with Gasteiger partial charge >= 0.3 is 0 Å². The van der Waals surface area contributed by atoms with E-state index in [9.17, 15) is 5.11 Å². The summed E-state index contributed by atoms with van der Waals surface area (Å²) in [4.78, 5) is 13.0. The molecule has 2 atom stereocenters. The lowest BCUT2D eigenvalue weighted by Gasteiger charge is -2.52. The van der Waals surface area contributed by atoms with Gasteiger partial charge in [-0.05, 0) is 30.7 Å². The third-order valence-corrected chi connectivity index (χ3v) is 10.4. The molecule has 3 aliphatic heterocycles. The fraction of sp³-hybridized carbons (Fsp3) is 0.697. The van der Waals surface area contributed by atoms with Gasteiger partial charge in [-0.15, -0.1) is 0 Å². The van der Waals surface area contributed by atoms with Crippen LogP contribution in [-0.4, -0.2) is 53.4 Å². The van der Waals surface area contributed by atoms with Crippen LogP contribution in [0.25, 0.3) is 0 Å². The molecule has 1 aromatic heterocycles. The molecule has 1 aromatic carbocycles. The maximum absolute atomic E-state index is 12.2. The minimum atomic E-state index is -1.15. The van der Waals surface area contributed by atoms with Crippen molar-refractivity contribution in [3.8, 4) is 0 Å². The van der Waals surface area contributed by atoms with E-state index in [0.29, 0.717) is 12.0 Å². The summed E-state index contributed by atoms with van der Waals surface area (Å²) in [7, 11) is 0. The standard InChI is InChI=1S/C32H47N2O3.CH2O2/c35-32(27-12-6-2-7-13-27,28-14-8-3-9-15-28)31-33-22-29(37-31)23-34-19-16-26(17-20-34)30(24-34)36-21-18-25-10-4-1-5-11-25;2-1-3/h2,6-7,12-13,22,25-26,28,30,35H,1,3-5,8-11,14-21,23-24H2;1H,(H,2,3)/q+1;/p-1/t26?,30-,32-,34?;/m0./s1. The van der Waals surface area contributed by atoms with E-state index in [1.807, 2.05) is 36.5 Å². The van der Waals surface area contributed by atoms with Gasteiger partial charge in [0.1, 0.15) is 19.2 Å². The van der Waals surface area contributed by atoms with E-state index in [0.717, 1.165) is 73.0 Å². The second-order valence-corrected chi connectivity index (χ2v) is 12.9. The molecular weight excluding hydrogens is 504 g/mol. The summed E-state index contributed by atoms with van der Waals surface area (Å²) >= 11 is 0. The van der Waals surface area contributed by atoms with Crippen LogP contribution in [0.15, 0.2) is 40.9 Å². The first-order valence-electron chi connectivity index (χ1n) is 15.8. The number of carbonyl (C=O) groups excluding carboxylic acids is 1. The summed E-state index contributed by atoms with van der Waals surface area (Å²) in [5.74, 6) is 3.17. The van der Waals surface area contributed by atoms with Crippen molar-refractivity contribution >= 4 is 6.47 Å². The minimum Gasteiger partial charge on any atom is -0.554 e. The fourth-order valence-electron chi connectivity index (χ4n) is 8.13. The number of quaternary nitrogens is 1. The minimum absolute atomic E-state index is 0.148. The molecule has 1 N–H and O–H groups in total. The maximum atomic E-state index is 12.2. The van der Waals surface area contributed by atoms with Crippen LogP contribution in [0.4, 0.5) is 0 Å². The normalized spacial score (nSPS) is 28.8. The maximum Gasteiger partial charge on any atom is 0.231 e. The SMILES string of the molecule is O=C[O-].O[C@](c1ccccc1)(c1ncc(C[N+]23CCC(CC2)[C@@H](OCCC2CCCCC2)C3)o1)C1CCCCC1. The van der Waals surface area contributed by atoms with E-state index < -0.39 is 12.1 Å².